The van der Waals surface area contributed by atoms with Gasteiger partial charge in [0.2, 0.25) is 0 Å². The number of aromatic nitrogens is 1. The van der Waals surface area contributed by atoms with Crippen molar-refractivity contribution in [2.75, 3.05) is 5.43 Å². The lowest BCUT2D eigenvalue weighted by Crippen LogP contribution is -2.06. The molecule has 0 fully saturated rings. The third-order valence-electron chi connectivity index (χ3n) is 1.47. The Hall–Kier alpha value is -1.44. The Balaban J connectivity index is 2.50. The molecular weight excluding hydrogens is 124 g/mol. The van der Waals surface area contributed by atoms with Crippen molar-refractivity contribution in [3.63, 3.8) is 0 Å². The number of nitrogens with one attached hydrogen (secondary N) is 1. The van der Waals surface area contributed by atoms with Gasteiger partial charge in [-0.05, 0) is 24.3 Å². The fourth-order valence-electron chi connectivity index (χ4n) is 0.981. The van der Waals surface area contributed by atoms with Crippen molar-refractivity contribution < 1.29 is 0 Å². The van der Waals surface area contributed by atoms with Crippen LogP contribution in [-0.2, 0) is 0 Å². The molecule has 0 aliphatic carbocycles. The highest BCUT2D eigenvalue weighted by Crippen LogP contribution is 2.04. The zero-order valence-corrected chi connectivity index (χ0v) is 5.49. The molecule has 50 valence electrons. The van der Waals surface area contributed by atoms with E-state index in [0.29, 0.717) is 0 Å². The van der Waals surface area contributed by atoms with Crippen LogP contribution in [0.3, 0.4) is 0 Å². The zero-order valence-electron chi connectivity index (χ0n) is 5.49. The van der Waals surface area contributed by atoms with Crippen LogP contribution in [0.15, 0.2) is 36.7 Å². The first-order valence-electron chi connectivity index (χ1n) is 3.24. The van der Waals surface area contributed by atoms with E-state index in [9.17, 15) is 0 Å². The predicted molar refractivity (Wildman–Crippen MR) is 42.0 cm³/mol. The fourth-order valence-corrected chi connectivity index (χ4v) is 0.981. The van der Waals surface area contributed by atoms with Crippen LogP contribution in [0.5, 0.6) is 0 Å². The molecule has 2 heteroatoms. The summed E-state index contributed by atoms with van der Waals surface area (Å²) < 4.78 is 1.96. The van der Waals surface area contributed by atoms with Gasteiger partial charge in [0.25, 0.3) is 0 Å². The van der Waals surface area contributed by atoms with Crippen LogP contribution in [0.1, 0.15) is 5.69 Å². The fraction of sp³-hybridized carbons (Fsp3) is 0. The van der Waals surface area contributed by atoms with Gasteiger partial charge in [0.05, 0.1) is 5.69 Å². The maximum Gasteiger partial charge on any atom is 0.0623 e. The van der Waals surface area contributed by atoms with Gasteiger partial charge >= 0.3 is 0 Å². The maximum atomic E-state index is 3.08. The smallest absolute Gasteiger partial charge is 0.0623 e. The van der Waals surface area contributed by atoms with E-state index in [2.05, 4.69) is 17.6 Å². The highest BCUT2D eigenvalue weighted by Gasteiger charge is 1.93. The lowest BCUT2D eigenvalue weighted by Gasteiger charge is -2.01. The number of hydrogen-bond donors (Lipinski definition) is 1. The number of rotatable bonds is 0. The summed E-state index contributed by atoms with van der Waals surface area (Å²) in [5.41, 5.74) is 4.25. The zero-order chi connectivity index (χ0) is 6.81. The van der Waals surface area contributed by atoms with E-state index in [1.807, 2.05) is 35.3 Å². The van der Waals surface area contributed by atoms with Gasteiger partial charge in [-0.3, -0.25) is 4.68 Å². The molecular formula is C8H8N2. The van der Waals surface area contributed by atoms with E-state index in [0.717, 1.165) is 0 Å². The van der Waals surface area contributed by atoms with E-state index >= 15 is 0 Å². The molecule has 0 saturated heterocycles. The minimum Gasteiger partial charge on any atom is -0.302 e. The summed E-state index contributed by atoms with van der Waals surface area (Å²) in [6.45, 7) is 0. The number of hydrogen-bond acceptors (Lipinski definition) is 1. The molecule has 10 heavy (non-hydrogen) atoms. The Bertz CT molecular complexity index is 281. The highest BCUT2D eigenvalue weighted by molar-refractivity contribution is 5.49. The molecule has 0 atom stereocenters. The SMILES string of the molecule is C1=CNn2cccc2C=C1. The largest absolute Gasteiger partial charge is 0.302 e. The second-order valence-electron chi connectivity index (χ2n) is 2.15. The first-order chi connectivity index (χ1) is 4.97. The van der Waals surface area contributed by atoms with E-state index < -0.39 is 0 Å². The minimum absolute atomic E-state index is 1.17. The summed E-state index contributed by atoms with van der Waals surface area (Å²) in [5, 5.41) is 0. The second kappa shape index (κ2) is 2.06. The van der Waals surface area contributed by atoms with Crippen molar-refractivity contribution in [2.24, 2.45) is 0 Å². The second-order valence-corrected chi connectivity index (χ2v) is 2.15. The molecule has 1 N–H and O–H groups in total. The van der Waals surface area contributed by atoms with Crippen LogP contribution in [0.2, 0.25) is 0 Å². The van der Waals surface area contributed by atoms with Gasteiger partial charge in [0, 0.05) is 12.4 Å². The molecule has 0 bridgehead atoms. The molecule has 0 amide bonds. The molecule has 1 aliphatic heterocycles. The third kappa shape index (κ3) is 0.739. The Morgan fingerprint density at radius 3 is 3.30 bits per heavy atom. The summed E-state index contributed by atoms with van der Waals surface area (Å²) in [6.07, 6.45) is 9.90. The van der Waals surface area contributed by atoms with Gasteiger partial charge in [0.15, 0.2) is 0 Å². The van der Waals surface area contributed by atoms with E-state index in [1.54, 1.807) is 0 Å². The van der Waals surface area contributed by atoms with Crippen molar-refractivity contribution in [3.8, 4) is 0 Å². The summed E-state index contributed by atoms with van der Waals surface area (Å²) in [7, 11) is 0. The molecule has 1 aromatic heterocycles. The molecule has 1 aromatic rings. The quantitative estimate of drug-likeness (QED) is 0.567. The molecule has 2 rings (SSSR count). The molecule has 2 nitrogen and oxygen atoms in total. The molecule has 0 unspecified atom stereocenters. The average Bonchev–Trinajstić information content (AvgIpc) is 2.28. The normalized spacial score (nSPS) is 14.0. The van der Waals surface area contributed by atoms with Crippen LogP contribution in [0, 0.1) is 0 Å². The Morgan fingerprint density at radius 1 is 1.30 bits per heavy atom. The summed E-state index contributed by atoms with van der Waals surface area (Å²) in [5.74, 6) is 0. The summed E-state index contributed by atoms with van der Waals surface area (Å²) >= 11 is 0. The van der Waals surface area contributed by atoms with Gasteiger partial charge < -0.3 is 5.43 Å². The predicted octanol–water partition coefficient (Wildman–Crippen LogP) is 1.57. The average molecular weight is 132 g/mol. The molecule has 0 aromatic carbocycles. The number of allylic oxidation sites excluding steroid dienone is 2. The number of fused-ring (bicyclic) bond motifs is 1. The van der Waals surface area contributed by atoms with Crippen molar-refractivity contribution >= 4 is 6.08 Å². The molecule has 0 radical (unpaired) electrons. The van der Waals surface area contributed by atoms with Crippen LogP contribution in [0.25, 0.3) is 6.08 Å². The Kier molecular flexibility index (Phi) is 1.10. The van der Waals surface area contributed by atoms with Crippen LogP contribution in [0.4, 0.5) is 0 Å². The van der Waals surface area contributed by atoms with Gasteiger partial charge in [-0.2, -0.15) is 0 Å². The third-order valence-corrected chi connectivity index (χ3v) is 1.47. The van der Waals surface area contributed by atoms with Gasteiger partial charge in [-0.1, -0.05) is 6.08 Å². The minimum atomic E-state index is 1.17. The Labute approximate surface area is 59.4 Å². The lowest BCUT2D eigenvalue weighted by atomic mass is 10.4. The van der Waals surface area contributed by atoms with Gasteiger partial charge in [0.1, 0.15) is 0 Å². The summed E-state index contributed by atoms with van der Waals surface area (Å²) in [6, 6.07) is 4.06. The number of nitrogens with zero attached hydrogens (tertiary/aromatic N) is 1. The van der Waals surface area contributed by atoms with E-state index in [1.165, 1.54) is 5.69 Å². The van der Waals surface area contributed by atoms with Crippen LogP contribution < -0.4 is 5.43 Å². The Morgan fingerprint density at radius 2 is 2.30 bits per heavy atom. The topological polar surface area (TPSA) is 17.0 Å². The maximum absolute atomic E-state index is 3.08. The van der Waals surface area contributed by atoms with Crippen molar-refractivity contribution in [3.05, 3.63) is 42.4 Å². The van der Waals surface area contributed by atoms with Gasteiger partial charge in [-0.25, -0.2) is 0 Å². The molecule has 2 heterocycles. The van der Waals surface area contributed by atoms with Crippen LogP contribution >= 0.6 is 0 Å². The molecule has 0 spiro atoms. The first-order valence-corrected chi connectivity index (χ1v) is 3.24. The van der Waals surface area contributed by atoms with Gasteiger partial charge in [-0.15, -0.1) is 0 Å². The lowest BCUT2D eigenvalue weighted by molar-refractivity contribution is 0.956. The van der Waals surface area contributed by atoms with E-state index in [-0.39, 0.29) is 0 Å². The monoisotopic (exact) mass is 132 g/mol. The summed E-state index contributed by atoms with van der Waals surface area (Å²) in [4.78, 5) is 0. The van der Waals surface area contributed by atoms with Crippen molar-refractivity contribution in [1.82, 2.24) is 4.68 Å². The van der Waals surface area contributed by atoms with Crippen LogP contribution in [-0.4, -0.2) is 4.68 Å². The van der Waals surface area contributed by atoms with Crippen molar-refractivity contribution in [1.29, 1.82) is 0 Å². The first kappa shape index (κ1) is 5.35. The molecule has 0 saturated carbocycles. The van der Waals surface area contributed by atoms with E-state index in [4.69, 9.17) is 0 Å². The van der Waals surface area contributed by atoms with Crippen molar-refractivity contribution in [2.45, 2.75) is 0 Å². The molecule has 1 aliphatic rings. The standard InChI is InChI=1S/C8H8N2/c1-2-6-9-10-7-3-5-8(10)4-1/h1-7,9H. The highest BCUT2D eigenvalue weighted by atomic mass is 15.4.